The normalized spacial score (nSPS) is 13.4. The first kappa shape index (κ1) is 17.4. The molecular weight excluding hydrogens is 224 g/mol. The molecular formula is C15H32N2O. The van der Waals surface area contributed by atoms with Gasteiger partial charge in [-0.2, -0.15) is 0 Å². The molecule has 0 rings (SSSR count). The third-order valence-corrected chi connectivity index (χ3v) is 3.78. The Balaban J connectivity index is 3.49. The number of hydrogen-bond acceptors (Lipinski definition) is 2. The van der Waals surface area contributed by atoms with Crippen molar-refractivity contribution in [3.8, 4) is 0 Å². The van der Waals surface area contributed by atoms with Crippen LogP contribution in [0.2, 0.25) is 0 Å². The molecule has 0 aliphatic heterocycles. The molecule has 0 aromatic heterocycles. The van der Waals surface area contributed by atoms with Crippen LogP contribution in [0.3, 0.4) is 0 Å². The van der Waals surface area contributed by atoms with Gasteiger partial charge in [-0.3, -0.25) is 4.79 Å². The second-order valence-corrected chi connectivity index (χ2v) is 5.96. The third kappa shape index (κ3) is 7.70. The largest absolute Gasteiger partial charge is 0.356 e. The van der Waals surface area contributed by atoms with E-state index >= 15 is 0 Å². The van der Waals surface area contributed by atoms with Gasteiger partial charge in [-0.1, -0.05) is 27.2 Å². The fraction of sp³-hybridized carbons (Fsp3) is 0.933. The van der Waals surface area contributed by atoms with E-state index in [-0.39, 0.29) is 11.8 Å². The maximum atomic E-state index is 11.7. The molecule has 1 amide bonds. The fourth-order valence-corrected chi connectivity index (χ4v) is 1.60. The number of unbranched alkanes of at least 4 members (excludes halogenated alkanes) is 2. The van der Waals surface area contributed by atoms with Crippen LogP contribution < -0.4 is 5.32 Å². The first-order valence-corrected chi connectivity index (χ1v) is 7.34. The summed E-state index contributed by atoms with van der Waals surface area (Å²) in [6.45, 7) is 12.6. The molecule has 3 nitrogen and oxygen atoms in total. The van der Waals surface area contributed by atoms with Crippen molar-refractivity contribution in [1.29, 1.82) is 0 Å². The van der Waals surface area contributed by atoms with Crippen LogP contribution in [0, 0.1) is 11.8 Å². The van der Waals surface area contributed by atoms with Crippen LogP contribution in [0.25, 0.3) is 0 Å². The first-order chi connectivity index (χ1) is 8.36. The third-order valence-electron chi connectivity index (χ3n) is 3.78. The Morgan fingerprint density at radius 2 is 1.67 bits per heavy atom. The van der Waals surface area contributed by atoms with Crippen molar-refractivity contribution in [2.24, 2.45) is 11.8 Å². The highest BCUT2D eigenvalue weighted by molar-refractivity contribution is 5.78. The molecule has 0 aromatic carbocycles. The second kappa shape index (κ2) is 9.37. The summed E-state index contributed by atoms with van der Waals surface area (Å²) in [4.78, 5) is 14.1. The highest BCUT2D eigenvalue weighted by Gasteiger charge is 2.15. The highest BCUT2D eigenvalue weighted by atomic mass is 16.1. The zero-order chi connectivity index (χ0) is 14.1. The number of amides is 1. The van der Waals surface area contributed by atoms with Crippen molar-refractivity contribution in [2.75, 3.05) is 20.1 Å². The Kier molecular flexibility index (Phi) is 9.08. The summed E-state index contributed by atoms with van der Waals surface area (Å²) in [6, 6.07) is 0.622. The molecule has 0 spiro atoms. The lowest BCUT2D eigenvalue weighted by Gasteiger charge is -2.20. The minimum absolute atomic E-state index is 0.122. The molecule has 0 aliphatic carbocycles. The van der Waals surface area contributed by atoms with Gasteiger partial charge >= 0.3 is 0 Å². The van der Waals surface area contributed by atoms with E-state index < -0.39 is 0 Å². The number of nitrogens with zero attached hydrogens (tertiary/aromatic N) is 1. The molecule has 1 atom stereocenters. The van der Waals surface area contributed by atoms with Crippen LogP contribution in [0.1, 0.15) is 53.9 Å². The molecule has 0 aliphatic rings. The summed E-state index contributed by atoms with van der Waals surface area (Å²) in [5, 5.41) is 3.02. The molecule has 3 heteroatoms. The maximum Gasteiger partial charge on any atom is 0.223 e. The summed E-state index contributed by atoms with van der Waals surface area (Å²) < 4.78 is 0. The van der Waals surface area contributed by atoms with Gasteiger partial charge in [0.2, 0.25) is 5.91 Å². The molecule has 0 radical (unpaired) electrons. The maximum absolute atomic E-state index is 11.7. The molecule has 0 saturated heterocycles. The second-order valence-electron chi connectivity index (χ2n) is 5.96. The van der Waals surface area contributed by atoms with Crippen LogP contribution in [-0.4, -0.2) is 37.0 Å². The van der Waals surface area contributed by atoms with Gasteiger partial charge in [0.15, 0.2) is 0 Å². The Labute approximate surface area is 113 Å². The van der Waals surface area contributed by atoms with E-state index in [1.165, 1.54) is 12.8 Å². The van der Waals surface area contributed by atoms with E-state index in [2.05, 4.69) is 45.0 Å². The van der Waals surface area contributed by atoms with Crippen molar-refractivity contribution in [3.05, 3.63) is 0 Å². The van der Waals surface area contributed by atoms with E-state index in [0.29, 0.717) is 12.0 Å². The van der Waals surface area contributed by atoms with Crippen molar-refractivity contribution in [3.63, 3.8) is 0 Å². The topological polar surface area (TPSA) is 32.3 Å². The standard InChI is InChI=1S/C15H32N2O/c1-12(2)14(5)15(18)16-10-8-7-9-11-17(6)13(3)4/h12-14H,7-11H2,1-6H3,(H,16,18)/t14-/m0/s1. The van der Waals surface area contributed by atoms with Crippen LogP contribution in [-0.2, 0) is 4.79 Å². The minimum atomic E-state index is 0.122. The van der Waals surface area contributed by atoms with E-state index in [0.717, 1.165) is 19.5 Å². The zero-order valence-electron chi connectivity index (χ0n) is 13.1. The van der Waals surface area contributed by atoms with E-state index in [9.17, 15) is 4.79 Å². The van der Waals surface area contributed by atoms with Gasteiger partial charge in [0, 0.05) is 18.5 Å². The molecule has 0 heterocycles. The Bertz CT molecular complexity index is 227. The predicted molar refractivity (Wildman–Crippen MR) is 78.6 cm³/mol. The average Bonchev–Trinajstić information content (AvgIpc) is 2.31. The summed E-state index contributed by atoms with van der Waals surface area (Å²) in [7, 11) is 2.16. The molecule has 0 aromatic rings. The number of rotatable bonds is 9. The number of hydrogen-bond donors (Lipinski definition) is 1. The highest BCUT2D eigenvalue weighted by Crippen LogP contribution is 2.09. The van der Waals surface area contributed by atoms with Gasteiger partial charge < -0.3 is 10.2 Å². The van der Waals surface area contributed by atoms with Gasteiger partial charge in [0.1, 0.15) is 0 Å². The molecule has 108 valence electrons. The average molecular weight is 256 g/mol. The summed E-state index contributed by atoms with van der Waals surface area (Å²) >= 11 is 0. The Morgan fingerprint density at radius 3 is 2.17 bits per heavy atom. The summed E-state index contributed by atoms with van der Waals surface area (Å²) in [6.07, 6.45) is 3.49. The van der Waals surface area contributed by atoms with E-state index in [1.807, 2.05) is 6.92 Å². The lowest BCUT2D eigenvalue weighted by Crippen LogP contribution is -2.32. The van der Waals surface area contributed by atoms with Crippen LogP contribution in [0.5, 0.6) is 0 Å². The van der Waals surface area contributed by atoms with Gasteiger partial charge in [0.05, 0.1) is 0 Å². The van der Waals surface area contributed by atoms with Gasteiger partial charge in [-0.25, -0.2) is 0 Å². The predicted octanol–water partition coefficient (Wildman–Crippen LogP) is 2.91. The smallest absolute Gasteiger partial charge is 0.223 e. The van der Waals surface area contributed by atoms with Gasteiger partial charge in [-0.15, -0.1) is 0 Å². The van der Waals surface area contributed by atoms with Crippen molar-refractivity contribution >= 4 is 5.91 Å². The summed E-state index contributed by atoms with van der Waals surface area (Å²) in [5.41, 5.74) is 0. The quantitative estimate of drug-likeness (QED) is 0.643. The van der Waals surface area contributed by atoms with Gasteiger partial charge in [-0.05, 0) is 46.2 Å². The van der Waals surface area contributed by atoms with Crippen molar-refractivity contribution in [2.45, 2.75) is 59.9 Å². The lowest BCUT2D eigenvalue weighted by molar-refractivity contribution is -0.125. The Hall–Kier alpha value is -0.570. The van der Waals surface area contributed by atoms with Crippen molar-refractivity contribution in [1.82, 2.24) is 10.2 Å². The number of nitrogens with one attached hydrogen (secondary N) is 1. The molecule has 0 bridgehead atoms. The summed E-state index contributed by atoms with van der Waals surface area (Å²) in [5.74, 6) is 0.742. The van der Waals surface area contributed by atoms with Crippen LogP contribution in [0.4, 0.5) is 0 Å². The molecule has 0 fully saturated rings. The molecule has 1 N–H and O–H groups in total. The molecule has 18 heavy (non-hydrogen) atoms. The first-order valence-electron chi connectivity index (χ1n) is 7.34. The van der Waals surface area contributed by atoms with E-state index in [4.69, 9.17) is 0 Å². The minimum Gasteiger partial charge on any atom is -0.356 e. The molecule has 0 saturated carbocycles. The lowest BCUT2D eigenvalue weighted by atomic mass is 9.97. The SMILES string of the molecule is CC(C)[C@H](C)C(=O)NCCCCCN(C)C(C)C. The fourth-order valence-electron chi connectivity index (χ4n) is 1.60. The zero-order valence-corrected chi connectivity index (χ0v) is 13.1. The molecule has 0 unspecified atom stereocenters. The van der Waals surface area contributed by atoms with Crippen molar-refractivity contribution < 1.29 is 4.79 Å². The van der Waals surface area contributed by atoms with E-state index in [1.54, 1.807) is 0 Å². The number of carbonyl (C=O) groups excluding carboxylic acids is 1. The van der Waals surface area contributed by atoms with Crippen LogP contribution in [0.15, 0.2) is 0 Å². The number of carbonyl (C=O) groups is 1. The van der Waals surface area contributed by atoms with Crippen LogP contribution >= 0.6 is 0 Å². The van der Waals surface area contributed by atoms with Gasteiger partial charge in [0.25, 0.3) is 0 Å². The Morgan fingerprint density at radius 1 is 1.06 bits per heavy atom. The monoisotopic (exact) mass is 256 g/mol.